The molecule has 1 aromatic rings. The highest BCUT2D eigenvalue weighted by molar-refractivity contribution is 6.30. The van der Waals surface area contributed by atoms with E-state index >= 15 is 0 Å². The first-order valence-electron chi connectivity index (χ1n) is 12.3. The Balaban J connectivity index is 1.63. The molecule has 0 aromatic heterocycles. The van der Waals surface area contributed by atoms with E-state index in [1.807, 2.05) is 39.8 Å². The van der Waals surface area contributed by atoms with Crippen LogP contribution in [0, 0.1) is 11.3 Å². The van der Waals surface area contributed by atoms with Gasteiger partial charge < -0.3 is 20.2 Å². The zero-order valence-electron chi connectivity index (χ0n) is 20.6. The molecule has 2 fully saturated rings. The summed E-state index contributed by atoms with van der Waals surface area (Å²) in [5, 5.41) is 15.2. The molecule has 0 radical (unpaired) electrons. The number of carbonyl (C=O) groups is 2. The number of likely N-dealkylation sites (tertiary alicyclic amines) is 2. The lowest BCUT2D eigenvalue weighted by Gasteiger charge is -2.51. The molecule has 2 aliphatic heterocycles. The lowest BCUT2D eigenvalue weighted by molar-refractivity contribution is -0.156. The number of carbonyl (C=O) groups excluding carboxylic acids is 2. The van der Waals surface area contributed by atoms with E-state index in [-0.39, 0.29) is 17.7 Å². The van der Waals surface area contributed by atoms with Gasteiger partial charge in [-0.2, -0.15) is 0 Å². The van der Waals surface area contributed by atoms with Gasteiger partial charge in [0.05, 0.1) is 5.60 Å². The first kappa shape index (κ1) is 26.0. The zero-order chi connectivity index (χ0) is 24.2. The first-order chi connectivity index (χ1) is 15.5. The molecule has 2 amide bonds. The number of hydrogen-bond donors (Lipinski definition) is 2. The van der Waals surface area contributed by atoms with Crippen LogP contribution in [0.25, 0.3) is 0 Å². The number of amides is 2. The molecule has 2 N–H and O–H groups in total. The predicted molar refractivity (Wildman–Crippen MR) is 132 cm³/mol. The minimum absolute atomic E-state index is 0.0170. The molecular weight excluding hydrogens is 438 g/mol. The molecule has 6 nitrogen and oxygen atoms in total. The lowest BCUT2D eigenvalue weighted by Crippen LogP contribution is -2.60. The van der Waals surface area contributed by atoms with Crippen LogP contribution in [-0.4, -0.2) is 65.5 Å². The van der Waals surface area contributed by atoms with Crippen LogP contribution in [0.15, 0.2) is 24.3 Å². The van der Waals surface area contributed by atoms with E-state index in [9.17, 15) is 14.7 Å². The van der Waals surface area contributed by atoms with Gasteiger partial charge in [-0.1, -0.05) is 57.8 Å². The van der Waals surface area contributed by atoms with E-state index in [1.165, 1.54) is 19.3 Å². The summed E-state index contributed by atoms with van der Waals surface area (Å²) in [4.78, 5) is 30.3. The highest BCUT2D eigenvalue weighted by Crippen LogP contribution is 2.46. The van der Waals surface area contributed by atoms with Gasteiger partial charge in [-0.15, -0.1) is 0 Å². The van der Waals surface area contributed by atoms with Crippen molar-refractivity contribution in [3.05, 3.63) is 34.9 Å². The Morgan fingerprint density at radius 3 is 2.30 bits per heavy atom. The second-order valence-electron chi connectivity index (χ2n) is 10.7. The molecule has 184 valence electrons. The molecule has 0 saturated carbocycles. The maximum atomic E-state index is 13.5. The Hall–Kier alpha value is -1.63. The molecule has 2 heterocycles. The maximum absolute atomic E-state index is 13.5. The van der Waals surface area contributed by atoms with Gasteiger partial charge >= 0.3 is 0 Å². The van der Waals surface area contributed by atoms with E-state index in [2.05, 4.69) is 10.2 Å². The minimum atomic E-state index is -1.06. The number of piperidine rings is 2. The summed E-state index contributed by atoms with van der Waals surface area (Å²) in [6, 6.07) is 6.74. The Labute approximate surface area is 203 Å². The first-order valence-corrected chi connectivity index (χ1v) is 12.7. The average molecular weight is 478 g/mol. The number of benzene rings is 1. The molecule has 0 spiro atoms. The molecule has 0 unspecified atom stereocenters. The van der Waals surface area contributed by atoms with Crippen molar-refractivity contribution < 1.29 is 14.7 Å². The van der Waals surface area contributed by atoms with Gasteiger partial charge in [-0.3, -0.25) is 9.59 Å². The summed E-state index contributed by atoms with van der Waals surface area (Å²) >= 11 is 6.03. The fourth-order valence-electron chi connectivity index (χ4n) is 5.17. The summed E-state index contributed by atoms with van der Waals surface area (Å²) in [5.74, 6) is -0.152. The SMILES string of the molecule is CC(C)[C@@H](NC(=O)CCN1CCCCC1)C(=O)N1CC[C@](O)(c2ccc(Cl)cc2)C(C)(C)C1. The quantitative estimate of drug-likeness (QED) is 0.626. The van der Waals surface area contributed by atoms with Crippen LogP contribution in [0.3, 0.4) is 0 Å². The largest absolute Gasteiger partial charge is 0.384 e. The number of halogens is 1. The van der Waals surface area contributed by atoms with Crippen LogP contribution < -0.4 is 5.32 Å². The number of hydrogen-bond acceptors (Lipinski definition) is 4. The van der Waals surface area contributed by atoms with Gasteiger partial charge in [0.1, 0.15) is 6.04 Å². The highest BCUT2D eigenvalue weighted by Gasteiger charge is 2.50. The summed E-state index contributed by atoms with van der Waals surface area (Å²) in [6.45, 7) is 11.6. The molecular formula is C26H40ClN3O3. The van der Waals surface area contributed by atoms with Crippen LogP contribution >= 0.6 is 11.6 Å². The molecule has 7 heteroatoms. The van der Waals surface area contributed by atoms with E-state index in [1.54, 1.807) is 17.0 Å². The monoisotopic (exact) mass is 477 g/mol. The Kier molecular flexibility index (Phi) is 8.46. The number of nitrogens with one attached hydrogen (secondary N) is 1. The molecule has 2 aliphatic rings. The van der Waals surface area contributed by atoms with Crippen molar-refractivity contribution in [3.63, 3.8) is 0 Å². The van der Waals surface area contributed by atoms with E-state index in [0.29, 0.717) is 31.0 Å². The molecule has 0 bridgehead atoms. The van der Waals surface area contributed by atoms with Crippen molar-refractivity contribution in [3.8, 4) is 0 Å². The third-order valence-electron chi connectivity index (χ3n) is 7.44. The minimum Gasteiger partial charge on any atom is -0.384 e. The lowest BCUT2D eigenvalue weighted by atomic mass is 9.66. The van der Waals surface area contributed by atoms with Crippen molar-refractivity contribution in [2.75, 3.05) is 32.7 Å². The van der Waals surface area contributed by atoms with Gasteiger partial charge in [-0.25, -0.2) is 0 Å². The third kappa shape index (κ3) is 6.09. The Morgan fingerprint density at radius 1 is 1.09 bits per heavy atom. The van der Waals surface area contributed by atoms with Crippen LogP contribution in [0.1, 0.15) is 65.4 Å². The van der Waals surface area contributed by atoms with Crippen molar-refractivity contribution in [2.24, 2.45) is 11.3 Å². The van der Waals surface area contributed by atoms with Crippen LogP contribution in [0.2, 0.25) is 5.02 Å². The fourth-order valence-corrected chi connectivity index (χ4v) is 5.30. The van der Waals surface area contributed by atoms with Gasteiger partial charge in [-0.05, 0) is 56.0 Å². The molecule has 2 saturated heterocycles. The normalized spacial score (nSPS) is 24.5. The van der Waals surface area contributed by atoms with Crippen molar-refractivity contribution in [1.29, 1.82) is 0 Å². The standard InChI is InChI=1S/C26H40ClN3O3/c1-19(2)23(28-22(31)12-16-29-14-6-5-7-15-29)24(32)30-17-13-26(33,25(3,4)18-30)20-8-10-21(27)11-9-20/h8-11,19,23,33H,5-7,12-18H2,1-4H3,(H,28,31)/t23-,26+/m1/s1. The molecule has 3 rings (SSSR count). The van der Waals surface area contributed by atoms with Gasteiger partial charge in [0, 0.05) is 36.5 Å². The number of nitrogens with zero attached hydrogens (tertiary/aromatic N) is 2. The van der Waals surface area contributed by atoms with Crippen LogP contribution in [-0.2, 0) is 15.2 Å². The van der Waals surface area contributed by atoms with Crippen LogP contribution in [0.5, 0.6) is 0 Å². The summed E-state index contributed by atoms with van der Waals surface area (Å²) in [6.07, 6.45) is 4.51. The van der Waals surface area contributed by atoms with Crippen molar-refractivity contribution >= 4 is 23.4 Å². The van der Waals surface area contributed by atoms with Gasteiger partial charge in [0.2, 0.25) is 11.8 Å². The highest BCUT2D eigenvalue weighted by atomic mass is 35.5. The predicted octanol–water partition coefficient (Wildman–Crippen LogP) is 3.80. The Bertz CT molecular complexity index is 821. The van der Waals surface area contributed by atoms with Gasteiger partial charge in [0.15, 0.2) is 0 Å². The molecule has 0 aliphatic carbocycles. The summed E-state index contributed by atoms with van der Waals surface area (Å²) < 4.78 is 0. The van der Waals surface area contributed by atoms with Crippen molar-refractivity contribution in [2.45, 2.75) is 71.4 Å². The van der Waals surface area contributed by atoms with Crippen molar-refractivity contribution in [1.82, 2.24) is 15.1 Å². The average Bonchev–Trinajstić information content (AvgIpc) is 2.78. The maximum Gasteiger partial charge on any atom is 0.245 e. The third-order valence-corrected chi connectivity index (χ3v) is 7.69. The zero-order valence-corrected chi connectivity index (χ0v) is 21.3. The van der Waals surface area contributed by atoms with Gasteiger partial charge in [0.25, 0.3) is 0 Å². The molecule has 2 atom stereocenters. The Morgan fingerprint density at radius 2 is 1.73 bits per heavy atom. The fraction of sp³-hybridized carbons (Fsp3) is 0.692. The van der Waals surface area contributed by atoms with E-state index < -0.39 is 17.1 Å². The number of aliphatic hydroxyl groups is 1. The van der Waals surface area contributed by atoms with E-state index in [0.717, 1.165) is 25.2 Å². The summed E-state index contributed by atoms with van der Waals surface area (Å²) in [5.41, 5.74) is -0.802. The second kappa shape index (κ2) is 10.7. The smallest absolute Gasteiger partial charge is 0.245 e. The molecule has 1 aromatic carbocycles. The number of rotatable bonds is 7. The molecule has 33 heavy (non-hydrogen) atoms. The van der Waals surface area contributed by atoms with Crippen LogP contribution in [0.4, 0.5) is 0 Å². The second-order valence-corrected chi connectivity index (χ2v) is 11.1. The summed E-state index contributed by atoms with van der Waals surface area (Å²) in [7, 11) is 0. The topological polar surface area (TPSA) is 72.9 Å². The van der Waals surface area contributed by atoms with E-state index in [4.69, 9.17) is 11.6 Å².